The normalized spacial score (nSPS) is 20.7. The molecule has 3 aliphatic heterocycles. The van der Waals surface area contributed by atoms with Gasteiger partial charge in [0.05, 0.1) is 19.2 Å². The maximum atomic E-state index is 13.9. The van der Waals surface area contributed by atoms with Crippen LogP contribution in [0.1, 0.15) is 105 Å². The molecule has 0 bridgehead atoms. The molecule has 3 aliphatic rings. The molecule has 26 heteroatoms. The number of nitrogens with one attached hydrogen (secondary N) is 5. The lowest BCUT2D eigenvalue weighted by atomic mass is 9.97. The highest BCUT2D eigenvalue weighted by Crippen LogP contribution is 2.26. The quantitative estimate of drug-likeness (QED) is 0.0210. The first-order chi connectivity index (χ1) is 33.2. The highest BCUT2D eigenvalue weighted by atomic mass is 16.4. The lowest BCUT2D eigenvalue weighted by molar-refractivity contribution is -0.147. The number of guanidine groups is 2. The van der Waals surface area contributed by atoms with Crippen LogP contribution in [0.3, 0.4) is 0 Å². The van der Waals surface area contributed by atoms with Crippen molar-refractivity contribution in [3.63, 3.8) is 0 Å². The number of rotatable bonds is 27. The standard InChI is InChI=1S/C44H77N15O11/c1-5-24(3)33(55-32(61)22-52-35(62)29-14-9-20-58(29)41(68)31-16-11-21-59(31)39(66)26(45)12-7-17-50-43(46)47)37(64)54-28(23-60)40(67)57-19-10-15-30(57)36(63)56-34(25(4)6-2)38(65)53-27(42(69)70)13-8-18-51-44(48)49/h24-31,33-34,60H,5-23,45H2,1-4H3,(H,52,62)(H,53,65)(H,54,64)(H,55,61)(H,56,63)(H,69,70)(H4,46,47,50)(H4,48,49,51)/t24-,25-,26-,27-,28-,29-,30-,31-,33-,34-/m0/s1. The van der Waals surface area contributed by atoms with Crippen molar-refractivity contribution in [3.8, 4) is 0 Å². The molecule has 0 aromatic rings. The maximum Gasteiger partial charge on any atom is 0.326 e. The van der Waals surface area contributed by atoms with Crippen LogP contribution < -0.4 is 55.3 Å². The third-order valence-corrected chi connectivity index (χ3v) is 13.2. The van der Waals surface area contributed by atoms with Gasteiger partial charge < -0.3 is 80.2 Å². The number of aliphatic hydroxyl groups is 1. The van der Waals surface area contributed by atoms with Gasteiger partial charge in [-0.2, -0.15) is 0 Å². The summed E-state index contributed by atoms with van der Waals surface area (Å²) in [5.41, 5.74) is 27.6. The molecule has 3 saturated heterocycles. The molecule has 0 saturated carbocycles. The summed E-state index contributed by atoms with van der Waals surface area (Å²) in [4.78, 5) is 133. The third kappa shape index (κ3) is 16.7. The number of nitrogens with two attached hydrogens (primary N) is 5. The van der Waals surface area contributed by atoms with Gasteiger partial charge in [0.25, 0.3) is 0 Å². The second-order valence-electron chi connectivity index (χ2n) is 18.2. The first-order valence-electron chi connectivity index (χ1n) is 24.3. The van der Waals surface area contributed by atoms with E-state index in [1.807, 2.05) is 0 Å². The third-order valence-electron chi connectivity index (χ3n) is 13.2. The van der Waals surface area contributed by atoms with Crippen molar-refractivity contribution < 1.29 is 53.4 Å². The van der Waals surface area contributed by atoms with Crippen LogP contribution in [0.15, 0.2) is 9.98 Å². The summed E-state index contributed by atoms with van der Waals surface area (Å²) in [7, 11) is 0. The number of hydrogen-bond acceptors (Lipinski definition) is 13. The lowest BCUT2D eigenvalue weighted by Crippen LogP contribution is -2.60. The molecule has 0 radical (unpaired) electrons. The number of carbonyl (C=O) groups is 9. The summed E-state index contributed by atoms with van der Waals surface area (Å²) in [6, 6.07) is -8.89. The molecule has 17 N–H and O–H groups in total. The van der Waals surface area contributed by atoms with Gasteiger partial charge in [-0.25, -0.2) is 4.79 Å². The Morgan fingerprint density at radius 3 is 1.61 bits per heavy atom. The fourth-order valence-electron chi connectivity index (χ4n) is 8.77. The average Bonchev–Trinajstić information content (AvgIpc) is 4.14. The molecular formula is C44H77N15O11. The lowest BCUT2D eigenvalue weighted by Gasteiger charge is -2.32. The Hall–Kier alpha value is -6.31. The van der Waals surface area contributed by atoms with Crippen LogP contribution in [0.4, 0.5) is 0 Å². The molecule has 0 aromatic heterocycles. The summed E-state index contributed by atoms with van der Waals surface area (Å²) in [6.07, 6.45) is 4.24. The van der Waals surface area contributed by atoms with Crippen molar-refractivity contribution in [2.24, 2.45) is 50.5 Å². The minimum atomic E-state index is -1.53. The summed E-state index contributed by atoms with van der Waals surface area (Å²) >= 11 is 0. The van der Waals surface area contributed by atoms with Crippen molar-refractivity contribution in [1.29, 1.82) is 0 Å². The zero-order chi connectivity index (χ0) is 52.2. The molecule has 8 amide bonds. The van der Waals surface area contributed by atoms with Crippen molar-refractivity contribution in [1.82, 2.24) is 41.3 Å². The highest BCUT2D eigenvalue weighted by molar-refractivity contribution is 5.98. The number of carbonyl (C=O) groups excluding carboxylic acids is 8. The van der Waals surface area contributed by atoms with E-state index in [2.05, 4.69) is 36.6 Å². The Balaban J connectivity index is 1.62. The predicted octanol–water partition coefficient (Wildman–Crippen LogP) is -4.38. The Labute approximate surface area is 408 Å². The van der Waals surface area contributed by atoms with Crippen molar-refractivity contribution >= 4 is 65.1 Å². The zero-order valence-electron chi connectivity index (χ0n) is 40.9. The van der Waals surface area contributed by atoms with Gasteiger partial charge in [0.2, 0.25) is 47.3 Å². The molecule has 3 fully saturated rings. The van der Waals surface area contributed by atoms with E-state index < -0.39 is 115 Å². The molecule has 3 rings (SSSR count). The van der Waals surface area contributed by atoms with Crippen LogP contribution in [-0.2, 0) is 43.2 Å². The fraction of sp³-hybridized carbons (Fsp3) is 0.750. The van der Waals surface area contributed by atoms with Crippen LogP contribution in [0, 0.1) is 11.8 Å². The van der Waals surface area contributed by atoms with Gasteiger partial charge in [-0.15, -0.1) is 0 Å². The van der Waals surface area contributed by atoms with Gasteiger partial charge in [0, 0.05) is 32.7 Å². The summed E-state index contributed by atoms with van der Waals surface area (Å²) in [6.45, 7) is 6.67. The average molecular weight is 992 g/mol. The first-order valence-corrected chi connectivity index (χ1v) is 24.3. The summed E-state index contributed by atoms with van der Waals surface area (Å²) < 4.78 is 0. The number of hydrogen-bond donors (Lipinski definition) is 12. The number of amides is 8. The fourth-order valence-corrected chi connectivity index (χ4v) is 8.77. The van der Waals surface area contributed by atoms with E-state index >= 15 is 0 Å². The first kappa shape index (κ1) is 58.0. The number of nitrogens with zero attached hydrogens (tertiary/aromatic N) is 5. The topological polar surface area (TPSA) is 419 Å². The molecule has 0 aromatic carbocycles. The zero-order valence-corrected chi connectivity index (χ0v) is 40.9. The Kier molecular flexibility index (Phi) is 23.5. The van der Waals surface area contributed by atoms with Gasteiger partial charge in [-0.05, 0) is 76.0 Å². The van der Waals surface area contributed by atoms with Crippen LogP contribution in [-0.4, -0.2) is 184 Å². The van der Waals surface area contributed by atoms with Gasteiger partial charge in [0.15, 0.2) is 11.9 Å². The van der Waals surface area contributed by atoms with Crippen LogP contribution >= 0.6 is 0 Å². The van der Waals surface area contributed by atoms with E-state index in [-0.39, 0.29) is 62.6 Å². The minimum Gasteiger partial charge on any atom is -0.480 e. The van der Waals surface area contributed by atoms with E-state index in [1.54, 1.807) is 27.7 Å². The molecule has 0 spiro atoms. The number of carboxylic acid groups (broad SMARTS) is 1. The largest absolute Gasteiger partial charge is 0.480 e. The van der Waals surface area contributed by atoms with E-state index in [4.69, 9.17) is 28.7 Å². The van der Waals surface area contributed by atoms with E-state index in [0.717, 1.165) is 0 Å². The number of aliphatic imine (C=N–C) groups is 2. The second kappa shape index (κ2) is 28.4. The molecule has 10 atom stereocenters. The van der Waals surface area contributed by atoms with E-state index in [1.165, 1.54) is 14.7 Å². The molecule has 394 valence electrons. The minimum absolute atomic E-state index is 0.00771. The summed E-state index contributed by atoms with van der Waals surface area (Å²) in [5.74, 6) is -7.58. The number of likely N-dealkylation sites (tertiary alicyclic amines) is 3. The Morgan fingerprint density at radius 1 is 0.629 bits per heavy atom. The van der Waals surface area contributed by atoms with Crippen LogP contribution in [0.25, 0.3) is 0 Å². The van der Waals surface area contributed by atoms with Gasteiger partial charge in [-0.1, -0.05) is 40.5 Å². The van der Waals surface area contributed by atoms with Gasteiger partial charge in [0.1, 0.15) is 42.3 Å². The number of aliphatic carboxylic acids is 1. The van der Waals surface area contributed by atoms with Crippen molar-refractivity contribution in [2.75, 3.05) is 45.9 Å². The van der Waals surface area contributed by atoms with Crippen LogP contribution in [0.5, 0.6) is 0 Å². The predicted molar refractivity (Wildman–Crippen MR) is 256 cm³/mol. The molecule has 0 aliphatic carbocycles. The van der Waals surface area contributed by atoms with E-state index in [0.29, 0.717) is 70.9 Å². The molecule has 0 unspecified atom stereocenters. The number of aliphatic hydroxyl groups excluding tert-OH is 1. The van der Waals surface area contributed by atoms with Crippen molar-refractivity contribution in [2.45, 2.75) is 153 Å². The van der Waals surface area contributed by atoms with Crippen LogP contribution in [0.2, 0.25) is 0 Å². The molecule has 3 heterocycles. The monoisotopic (exact) mass is 992 g/mol. The molecule has 70 heavy (non-hydrogen) atoms. The Morgan fingerprint density at radius 2 is 1.10 bits per heavy atom. The SMILES string of the molecule is CC[C@H](C)[C@H](NC(=O)CNC(=O)[C@@H]1CCCN1C(=O)[C@@H]1CCCN1C(=O)[C@@H](N)CCCN=C(N)N)C(=O)N[C@@H](CO)C(=O)N1CCC[C@H]1C(=O)N[C@H](C(=O)N[C@@H](CCCN=C(N)N)C(=O)O)[C@@H](C)CC. The highest BCUT2D eigenvalue weighted by Gasteiger charge is 2.44. The van der Waals surface area contributed by atoms with Gasteiger partial charge in [-0.3, -0.25) is 48.3 Å². The van der Waals surface area contributed by atoms with E-state index in [9.17, 15) is 53.4 Å². The molecular weight excluding hydrogens is 915 g/mol. The smallest absolute Gasteiger partial charge is 0.326 e. The second-order valence-corrected chi connectivity index (χ2v) is 18.2. The summed E-state index contributed by atoms with van der Waals surface area (Å²) in [5, 5.41) is 33.0. The maximum absolute atomic E-state index is 13.9. The van der Waals surface area contributed by atoms with Gasteiger partial charge >= 0.3 is 5.97 Å². The number of carboxylic acids is 1. The van der Waals surface area contributed by atoms with Crippen molar-refractivity contribution in [3.05, 3.63) is 0 Å². The molecule has 26 nitrogen and oxygen atoms in total. The Bertz CT molecular complexity index is 1910.